The minimum Gasteiger partial charge on any atom is -0.388 e. The van der Waals surface area contributed by atoms with Crippen molar-refractivity contribution in [3.05, 3.63) is 47.6 Å². The van der Waals surface area contributed by atoms with Crippen LogP contribution in [0.2, 0.25) is 0 Å². The predicted octanol–water partition coefficient (Wildman–Crippen LogP) is 3.75. The molecule has 2 unspecified atom stereocenters. The smallest absolute Gasteiger partial charge is 0.240 e. The molecule has 2 aromatic rings. The molecule has 1 aliphatic heterocycles. The Balaban J connectivity index is 1.55. The first-order valence-electron chi connectivity index (χ1n) is 9.40. The molecule has 0 radical (unpaired) electrons. The van der Waals surface area contributed by atoms with Crippen LogP contribution in [0.1, 0.15) is 62.9 Å². The molecule has 2 atom stereocenters. The highest BCUT2D eigenvalue weighted by molar-refractivity contribution is 5.17. The summed E-state index contributed by atoms with van der Waals surface area (Å²) >= 11 is 0. The fraction of sp³-hybridized carbons (Fsp3) is 0.600. The highest BCUT2D eigenvalue weighted by Crippen LogP contribution is 2.28. The van der Waals surface area contributed by atoms with Crippen molar-refractivity contribution < 1.29 is 9.63 Å². The molecular formula is C20H29N3O2. The Morgan fingerprint density at radius 2 is 2.08 bits per heavy atom. The quantitative estimate of drug-likeness (QED) is 0.791. The maximum absolute atomic E-state index is 10.5. The number of aliphatic hydroxyl groups is 1. The molecule has 0 amide bonds. The average molecular weight is 343 g/mol. The van der Waals surface area contributed by atoms with E-state index in [1.54, 1.807) is 0 Å². The minimum absolute atomic E-state index is 0.362. The molecule has 0 bridgehead atoms. The number of benzene rings is 1. The zero-order valence-electron chi connectivity index (χ0n) is 15.3. The van der Waals surface area contributed by atoms with E-state index >= 15 is 0 Å². The maximum Gasteiger partial charge on any atom is 0.240 e. The summed E-state index contributed by atoms with van der Waals surface area (Å²) < 4.78 is 5.43. The highest BCUT2D eigenvalue weighted by atomic mass is 16.5. The van der Waals surface area contributed by atoms with Crippen molar-refractivity contribution in [2.75, 3.05) is 6.54 Å². The lowest BCUT2D eigenvalue weighted by Gasteiger charge is -2.25. The van der Waals surface area contributed by atoms with Gasteiger partial charge in [-0.1, -0.05) is 49.3 Å². The lowest BCUT2D eigenvalue weighted by Crippen LogP contribution is -2.30. The zero-order valence-corrected chi connectivity index (χ0v) is 15.3. The van der Waals surface area contributed by atoms with Gasteiger partial charge in [-0.25, -0.2) is 0 Å². The van der Waals surface area contributed by atoms with Crippen molar-refractivity contribution in [3.8, 4) is 0 Å². The van der Waals surface area contributed by atoms with Crippen LogP contribution in [0.4, 0.5) is 0 Å². The van der Waals surface area contributed by atoms with Crippen LogP contribution in [0.15, 0.2) is 34.9 Å². The number of aryl methyl sites for hydroxylation is 1. The molecule has 2 heterocycles. The summed E-state index contributed by atoms with van der Waals surface area (Å²) in [5.74, 6) is 2.15. The predicted molar refractivity (Wildman–Crippen MR) is 96.9 cm³/mol. The van der Waals surface area contributed by atoms with Gasteiger partial charge in [-0.05, 0) is 43.7 Å². The molecule has 0 saturated carbocycles. The van der Waals surface area contributed by atoms with Crippen molar-refractivity contribution in [2.24, 2.45) is 5.92 Å². The Hall–Kier alpha value is -1.72. The molecule has 3 rings (SSSR count). The Morgan fingerprint density at radius 1 is 1.28 bits per heavy atom. The van der Waals surface area contributed by atoms with Crippen molar-refractivity contribution in [1.82, 2.24) is 15.0 Å². The number of likely N-dealkylation sites (tertiary alicyclic amines) is 1. The Bertz CT molecular complexity index is 641. The van der Waals surface area contributed by atoms with E-state index < -0.39 is 6.10 Å². The van der Waals surface area contributed by atoms with Crippen LogP contribution in [-0.4, -0.2) is 32.7 Å². The molecule has 0 spiro atoms. The number of rotatable bonds is 8. The molecule has 1 aromatic heterocycles. The van der Waals surface area contributed by atoms with E-state index in [0.717, 1.165) is 50.0 Å². The van der Waals surface area contributed by atoms with Gasteiger partial charge in [0.15, 0.2) is 5.82 Å². The van der Waals surface area contributed by atoms with Crippen LogP contribution in [0, 0.1) is 5.92 Å². The van der Waals surface area contributed by atoms with Gasteiger partial charge in [-0.2, -0.15) is 4.98 Å². The van der Waals surface area contributed by atoms with Crippen molar-refractivity contribution in [2.45, 2.75) is 64.6 Å². The average Bonchev–Trinajstić information content (AvgIpc) is 3.24. The van der Waals surface area contributed by atoms with Gasteiger partial charge in [0.05, 0.1) is 12.6 Å². The Labute approximate surface area is 150 Å². The summed E-state index contributed by atoms with van der Waals surface area (Å²) in [4.78, 5) is 6.90. The van der Waals surface area contributed by atoms with E-state index in [-0.39, 0.29) is 0 Å². The van der Waals surface area contributed by atoms with Crippen LogP contribution < -0.4 is 0 Å². The standard InChI is InChI=1S/C20H29N3O2/c1-15(2)10-11-19-21-20(25-22-19)14-23-12-6-9-17(23)13-18(24)16-7-4-3-5-8-16/h3-5,7-8,15,17-18,24H,6,9-14H2,1-2H3. The van der Waals surface area contributed by atoms with E-state index in [0.29, 0.717) is 24.4 Å². The van der Waals surface area contributed by atoms with Gasteiger partial charge >= 0.3 is 0 Å². The highest BCUT2D eigenvalue weighted by Gasteiger charge is 2.28. The summed E-state index contributed by atoms with van der Waals surface area (Å²) in [6, 6.07) is 10.3. The van der Waals surface area contributed by atoms with Crippen molar-refractivity contribution >= 4 is 0 Å². The van der Waals surface area contributed by atoms with Crippen LogP contribution in [-0.2, 0) is 13.0 Å². The lowest BCUT2D eigenvalue weighted by molar-refractivity contribution is 0.112. The second kappa shape index (κ2) is 8.59. The number of aliphatic hydroxyl groups excluding tert-OH is 1. The molecule has 5 nitrogen and oxygen atoms in total. The SMILES string of the molecule is CC(C)CCc1noc(CN2CCCC2CC(O)c2ccccc2)n1. The topological polar surface area (TPSA) is 62.4 Å². The van der Waals surface area contributed by atoms with E-state index in [1.165, 1.54) is 0 Å². The summed E-state index contributed by atoms with van der Waals surface area (Å²) in [5.41, 5.74) is 0.989. The second-order valence-electron chi connectivity index (χ2n) is 7.47. The first-order valence-corrected chi connectivity index (χ1v) is 9.40. The molecule has 1 aromatic carbocycles. The Kier molecular flexibility index (Phi) is 6.21. The number of nitrogens with zero attached hydrogens (tertiary/aromatic N) is 3. The third-order valence-corrected chi connectivity index (χ3v) is 4.97. The maximum atomic E-state index is 10.5. The molecule has 0 aliphatic carbocycles. The van der Waals surface area contributed by atoms with Crippen LogP contribution in [0.3, 0.4) is 0 Å². The molecule has 25 heavy (non-hydrogen) atoms. The number of hydrogen-bond acceptors (Lipinski definition) is 5. The summed E-state index contributed by atoms with van der Waals surface area (Å²) in [5, 5.41) is 14.6. The van der Waals surface area contributed by atoms with Crippen LogP contribution >= 0.6 is 0 Å². The van der Waals surface area contributed by atoms with E-state index in [9.17, 15) is 5.11 Å². The van der Waals surface area contributed by atoms with E-state index in [2.05, 4.69) is 28.9 Å². The molecule has 1 saturated heterocycles. The molecule has 1 N–H and O–H groups in total. The van der Waals surface area contributed by atoms with Crippen molar-refractivity contribution in [1.29, 1.82) is 0 Å². The largest absolute Gasteiger partial charge is 0.388 e. The number of aromatic nitrogens is 2. The van der Waals surface area contributed by atoms with Crippen molar-refractivity contribution in [3.63, 3.8) is 0 Å². The lowest BCUT2D eigenvalue weighted by atomic mass is 10.0. The monoisotopic (exact) mass is 343 g/mol. The normalized spacial score (nSPS) is 19.6. The van der Waals surface area contributed by atoms with Gasteiger partial charge in [0, 0.05) is 12.5 Å². The molecular weight excluding hydrogens is 314 g/mol. The molecule has 136 valence electrons. The minimum atomic E-state index is -0.420. The molecule has 1 aliphatic rings. The fourth-order valence-electron chi connectivity index (χ4n) is 3.49. The van der Waals surface area contributed by atoms with Gasteiger partial charge in [-0.15, -0.1) is 0 Å². The van der Waals surface area contributed by atoms with E-state index in [4.69, 9.17) is 4.52 Å². The van der Waals surface area contributed by atoms with E-state index in [1.807, 2.05) is 30.3 Å². The first-order chi connectivity index (χ1) is 12.1. The first kappa shape index (κ1) is 18.1. The molecule has 1 fully saturated rings. The van der Waals surface area contributed by atoms with Crippen LogP contribution in [0.25, 0.3) is 0 Å². The third kappa shape index (κ3) is 5.13. The third-order valence-electron chi connectivity index (χ3n) is 4.97. The summed E-state index contributed by atoms with van der Waals surface area (Å²) in [6.07, 6.45) is 4.54. The van der Waals surface area contributed by atoms with Gasteiger partial charge in [0.25, 0.3) is 0 Å². The van der Waals surface area contributed by atoms with Crippen LogP contribution in [0.5, 0.6) is 0 Å². The fourth-order valence-corrected chi connectivity index (χ4v) is 3.49. The summed E-state index contributed by atoms with van der Waals surface area (Å²) in [7, 11) is 0. The van der Waals surface area contributed by atoms with Gasteiger partial charge < -0.3 is 9.63 Å². The van der Waals surface area contributed by atoms with Gasteiger partial charge in [-0.3, -0.25) is 4.90 Å². The second-order valence-corrected chi connectivity index (χ2v) is 7.47. The number of hydrogen-bond donors (Lipinski definition) is 1. The Morgan fingerprint density at radius 3 is 2.84 bits per heavy atom. The van der Waals surface area contributed by atoms with Gasteiger partial charge in [0.2, 0.25) is 5.89 Å². The molecule has 5 heteroatoms. The zero-order chi connectivity index (χ0) is 17.6. The van der Waals surface area contributed by atoms with Gasteiger partial charge in [0.1, 0.15) is 0 Å². The summed E-state index contributed by atoms with van der Waals surface area (Å²) in [6.45, 7) is 6.11.